The number of rotatable bonds is 1. The van der Waals surface area contributed by atoms with E-state index in [4.69, 9.17) is 0 Å². The molecule has 1 heterocycles. The summed E-state index contributed by atoms with van der Waals surface area (Å²) in [6.07, 6.45) is 0.0702. The number of cyclic esters (lactones) is 2. The van der Waals surface area contributed by atoms with Crippen LogP contribution < -0.4 is 0 Å². The van der Waals surface area contributed by atoms with Crippen molar-refractivity contribution in [1.82, 2.24) is 0 Å². The molecular weight excluding hydrogens is 272 g/mol. The van der Waals surface area contributed by atoms with Gasteiger partial charge in [-0.25, -0.2) is 4.79 Å². The van der Waals surface area contributed by atoms with Crippen molar-refractivity contribution in [2.24, 2.45) is 0 Å². The second kappa shape index (κ2) is 4.22. The lowest BCUT2D eigenvalue weighted by Gasteiger charge is -2.03. The molecule has 0 N–H and O–H groups in total. The Balaban J connectivity index is 2.41. The Morgan fingerprint density at radius 2 is 1.88 bits per heavy atom. The van der Waals surface area contributed by atoms with Crippen LogP contribution in [0.3, 0.4) is 0 Å². The minimum Gasteiger partial charge on any atom is -0.389 e. The molecule has 2 rings (SSSR count). The molecule has 1 aliphatic rings. The van der Waals surface area contributed by atoms with Crippen LogP contribution in [0.15, 0.2) is 34.3 Å². The molecule has 1 aliphatic heterocycles. The van der Waals surface area contributed by atoms with Gasteiger partial charge in [-0.05, 0) is 30.2 Å². The van der Waals surface area contributed by atoms with Crippen molar-refractivity contribution < 1.29 is 14.3 Å². The van der Waals surface area contributed by atoms with E-state index in [0.29, 0.717) is 5.57 Å². The fraction of sp³-hybridized carbons (Fsp3) is 0.167. The van der Waals surface area contributed by atoms with Crippen LogP contribution in [-0.4, -0.2) is 11.9 Å². The van der Waals surface area contributed by atoms with Gasteiger partial charge >= 0.3 is 11.9 Å². The molecule has 1 aromatic carbocycles. The van der Waals surface area contributed by atoms with Gasteiger partial charge in [0.1, 0.15) is 0 Å². The summed E-state index contributed by atoms with van der Waals surface area (Å²) < 4.78 is 5.47. The Labute approximate surface area is 101 Å². The van der Waals surface area contributed by atoms with Gasteiger partial charge in [-0.15, -0.1) is 0 Å². The molecule has 0 spiro atoms. The fourth-order valence-electron chi connectivity index (χ4n) is 1.58. The van der Waals surface area contributed by atoms with Crippen LogP contribution in [0.4, 0.5) is 0 Å². The maximum Gasteiger partial charge on any atom is 0.342 e. The summed E-state index contributed by atoms with van der Waals surface area (Å²) in [7, 11) is 0. The maximum absolute atomic E-state index is 11.4. The first kappa shape index (κ1) is 11.1. The maximum atomic E-state index is 11.4. The van der Waals surface area contributed by atoms with E-state index < -0.39 is 11.9 Å². The van der Waals surface area contributed by atoms with E-state index in [9.17, 15) is 9.59 Å². The summed E-state index contributed by atoms with van der Waals surface area (Å²) in [5.74, 6) is -0.998. The molecule has 0 radical (unpaired) electrons. The minimum atomic E-state index is -0.523. The summed E-state index contributed by atoms with van der Waals surface area (Å²) in [4.78, 5) is 22.3. The van der Waals surface area contributed by atoms with Crippen molar-refractivity contribution >= 4 is 33.4 Å². The van der Waals surface area contributed by atoms with Crippen LogP contribution in [0.5, 0.6) is 0 Å². The van der Waals surface area contributed by atoms with Crippen LogP contribution in [0.1, 0.15) is 18.9 Å². The van der Waals surface area contributed by atoms with Gasteiger partial charge in [0, 0.05) is 4.47 Å². The Morgan fingerprint density at radius 3 is 2.38 bits per heavy atom. The molecule has 0 saturated carbocycles. The highest BCUT2D eigenvalue weighted by Gasteiger charge is 2.28. The zero-order chi connectivity index (χ0) is 11.7. The summed E-state index contributed by atoms with van der Waals surface area (Å²) in [6.45, 7) is 1.82. The number of carbonyl (C=O) groups is 2. The third kappa shape index (κ3) is 2.07. The van der Waals surface area contributed by atoms with Crippen molar-refractivity contribution in [2.45, 2.75) is 13.3 Å². The number of carbonyl (C=O) groups excluding carboxylic acids is 2. The fourth-order valence-corrected chi connectivity index (χ4v) is 1.84. The predicted molar refractivity (Wildman–Crippen MR) is 62.5 cm³/mol. The Hall–Kier alpha value is -1.42. The monoisotopic (exact) mass is 280 g/mol. The van der Waals surface area contributed by atoms with Crippen molar-refractivity contribution in [3.8, 4) is 0 Å². The van der Waals surface area contributed by atoms with E-state index in [-0.39, 0.29) is 6.42 Å². The number of halogens is 1. The molecule has 0 unspecified atom stereocenters. The van der Waals surface area contributed by atoms with E-state index in [0.717, 1.165) is 15.6 Å². The van der Waals surface area contributed by atoms with Crippen LogP contribution in [0.25, 0.3) is 5.57 Å². The highest BCUT2D eigenvalue weighted by atomic mass is 79.9. The second-order valence-electron chi connectivity index (χ2n) is 3.55. The van der Waals surface area contributed by atoms with Gasteiger partial charge in [0.25, 0.3) is 0 Å². The summed E-state index contributed by atoms with van der Waals surface area (Å²) in [6, 6.07) is 7.56. The lowest BCUT2D eigenvalue weighted by Crippen LogP contribution is -1.98. The highest BCUT2D eigenvalue weighted by molar-refractivity contribution is 9.10. The van der Waals surface area contributed by atoms with Gasteiger partial charge in [0.2, 0.25) is 0 Å². The number of esters is 2. The van der Waals surface area contributed by atoms with Crippen molar-refractivity contribution in [2.75, 3.05) is 0 Å². The van der Waals surface area contributed by atoms with Crippen molar-refractivity contribution in [3.05, 3.63) is 39.9 Å². The summed E-state index contributed by atoms with van der Waals surface area (Å²) in [5.41, 5.74) is 2.17. The first-order valence-corrected chi connectivity index (χ1v) is 5.58. The lowest BCUT2D eigenvalue weighted by molar-refractivity contribution is -0.151. The average molecular weight is 281 g/mol. The van der Waals surface area contributed by atoms with Crippen LogP contribution in [0.2, 0.25) is 0 Å². The summed E-state index contributed by atoms with van der Waals surface area (Å²) in [5, 5.41) is 0. The third-order valence-electron chi connectivity index (χ3n) is 2.50. The predicted octanol–water partition coefficient (Wildman–Crippen LogP) is 2.70. The van der Waals surface area contributed by atoms with Gasteiger partial charge < -0.3 is 4.74 Å². The largest absolute Gasteiger partial charge is 0.389 e. The second-order valence-corrected chi connectivity index (χ2v) is 4.46. The number of ether oxygens (including phenoxy) is 1. The van der Waals surface area contributed by atoms with Gasteiger partial charge in [-0.1, -0.05) is 28.1 Å². The molecule has 0 amide bonds. The smallest absolute Gasteiger partial charge is 0.342 e. The van der Waals surface area contributed by atoms with E-state index in [1.165, 1.54) is 0 Å². The Kier molecular flexibility index (Phi) is 2.92. The molecule has 1 saturated heterocycles. The normalized spacial score (nSPS) is 18.6. The molecule has 0 atom stereocenters. The van der Waals surface area contributed by atoms with Crippen molar-refractivity contribution in [3.63, 3.8) is 0 Å². The average Bonchev–Trinajstić information content (AvgIpc) is 2.58. The Bertz CT molecular complexity index is 485. The molecule has 1 fully saturated rings. The van der Waals surface area contributed by atoms with E-state index >= 15 is 0 Å². The lowest BCUT2D eigenvalue weighted by atomic mass is 10.0. The third-order valence-corrected chi connectivity index (χ3v) is 3.03. The standard InChI is InChI=1S/C12H9BrO3/c1-7(8-2-4-9(13)5-3-8)10-6-11(14)16-12(10)15/h2-5H,6H2,1H3. The van der Waals surface area contributed by atoms with Gasteiger partial charge in [0.05, 0.1) is 12.0 Å². The Morgan fingerprint density at radius 1 is 1.25 bits per heavy atom. The zero-order valence-electron chi connectivity index (χ0n) is 8.62. The SMILES string of the molecule is CC(=C1CC(=O)OC1=O)c1ccc(Br)cc1. The number of allylic oxidation sites excluding steroid dienone is 1. The number of benzene rings is 1. The molecule has 0 aliphatic carbocycles. The molecular formula is C12H9BrO3. The molecule has 1 aromatic rings. The quantitative estimate of drug-likeness (QED) is 0.451. The molecule has 0 bridgehead atoms. The van der Waals surface area contributed by atoms with Crippen molar-refractivity contribution in [1.29, 1.82) is 0 Å². The van der Waals surface area contributed by atoms with Gasteiger partial charge in [-0.3, -0.25) is 4.79 Å². The van der Waals surface area contributed by atoms with Crippen LogP contribution in [-0.2, 0) is 14.3 Å². The van der Waals surface area contributed by atoms with E-state index in [1.807, 2.05) is 31.2 Å². The first-order valence-electron chi connectivity index (χ1n) is 4.78. The van der Waals surface area contributed by atoms with Crippen LogP contribution in [0, 0.1) is 0 Å². The van der Waals surface area contributed by atoms with Gasteiger partial charge in [-0.2, -0.15) is 0 Å². The first-order chi connectivity index (χ1) is 7.58. The topological polar surface area (TPSA) is 43.4 Å². The summed E-state index contributed by atoms with van der Waals surface area (Å²) >= 11 is 3.34. The number of hydrogen-bond donors (Lipinski definition) is 0. The molecule has 3 nitrogen and oxygen atoms in total. The molecule has 82 valence electrons. The van der Waals surface area contributed by atoms with Gasteiger partial charge in [0.15, 0.2) is 0 Å². The number of hydrogen-bond acceptors (Lipinski definition) is 3. The molecule has 0 aromatic heterocycles. The molecule has 4 heteroatoms. The van der Waals surface area contributed by atoms with Crippen LogP contribution >= 0.6 is 15.9 Å². The van der Waals surface area contributed by atoms with E-state index in [1.54, 1.807) is 0 Å². The minimum absolute atomic E-state index is 0.0702. The molecule has 16 heavy (non-hydrogen) atoms. The zero-order valence-corrected chi connectivity index (χ0v) is 10.2. The highest BCUT2D eigenvalue weighted by Crippen LogP contribution is 2.26. The van der Waals surface area contributed by atoms with E-state index in [2.05, 4.69) is 20.7 Å².